The molecular weight excluding hydrogens is 311 g/mol. The van der Waals surface area contributed by atoms with Gasteiger partial charge >= 0.3 is 0 Å². The molecule has 2 N–H and O–H groups in total. The second kappa shape index (κ2) is 9.07. The van der Waals surface area contributed by atoms with Crippen molar-refractivity contribution in [1.82, 2.24) is 15.6 Å². The summed E-state index contributed by atoms with van der Waals surface area (Å²) in [6, 6.07) is 4.21. The molecule has 2 heterocycles. The van der Waals surface area contributed by atoms with Gasteiger partial charge in [-0.05, 0) is 38.4 Å². The molecule has 1 aliphatic heterocycles. The summed E-state index contributed by atoms with van der Waals surface area (Å²) >= 11 is 0. The SMILES string of the molecule is CC1NCCCC1NC(=O)c1ccc(N(C)C)nc1.Cl.Cl. The maximum atomic E-state index is 12.1. The minimum Gasteiger partial charge on any atom is -0.363 e. The third-order valence-electron chi connectivity index (χ3n) is 3.55. The van der Waals surface area contributed by atoms with Crippen molar-refractivity contribution in [2.24, 2.45) is 0 Å². The van der Waals surface area contributed by atoms with E-state index in [1.54, 1.807) is 6.20 Å². The van der Waals surface area contributed by atoms with E-state index in [2.05, 4.69) is 22.5 Å². The first-order valence-corrected chi connectivity index (χ1v) is 6.75. The lowest BCUT2D eigenvalue weighted by atomic mass is 9.99. The van der Waals surface area contributed by atoms with Gasteiger partial charge in [0.15, 0.2) is 0 Å². The molecule has 0 saturated carbocycles. The lowest BCUT2D eigenvalue weighted by molar-refractivity contribution is 0.0919. The first-order chi connectivity index (χ1) is 9.08. The zero-order valence-electron chi connectivity index (χ0n) is 12.6. The summed E-state index contributed by atoms with van der Waals surface area (Å²) in [5.74, 6) is 0.808. The van der Waals surface area contributed by atoms with E-state index in [4.69, 9.17) is 0 Å². The number of halogens is 2. The first-order valence-electron chi connectivity index (χ1n) is 6.75. The van der Waals surface area contributed by atoms with Crippen LogP contribution in [0.1, 0.15) is 30.1 Å². The predicted molar refractivity (Wildman–Crippen MR) is 91.0 cm³/mol. The van der Waals surface area contributed by atoms with Crippen molar-refractivity contribution in [2.45, 2.75) is 31.8 Å². The second-order valence-electron chi connectivity index (χ2n) is 5.26. The minimum absolute atomic E-state index is 0. The van der Waals surface area contributed by atoms with E-state index < -0.39 is 0 Å². The maximum Gasteiger partial charge on any atom is 0.253 e. The maximum absolute atomic E-state index is 12.1. The van der Waals surface area contributed by atoms with Crippen molar-refractivity contribution in [3.63, 3.8) is 0 Å². The topological polar surface area (TPSA) is 57.3 Å². The lowest BCUT2D eigenvalue weighted by Gasteiger charge is -2.30. The highest BCUT2D eigenvalue weighted by Crippen LogP contribution is 2.11. The van der Waals surface area contributed by atoms with Crippen LogP contribution in [0.4, 0.5) is 5.82 Å². The van der Waals surface area contributed by atoms with Gasteiger partial charge in [0, 0.05) is 32.4 Å². The molecule has 1 aromatic heterocycles. The number of carbonyl (C=O) groups is 1. The van der Waals surface area contributed by atoms with Gasteiger partial charge in [-0.1, -0.05) is 0 Å². The number of amides is 1. The summed E-state index contributed by atoms with van der Waals surface area (Å²) in [5, 5.41) is 6.45. The van der Waals surface area contributed by atoms with Crippen LogP contribution >= 0.6 is 24.8 Å². The minimum atomic E-state index is -0.0432. The zero-order valence-corrected chi connectivity index (χ0v) is 14.3. The Kier molecular flexibility index (Phi) is 8.63. The molecule has 0 aromatic carbocycles. The van der Waals surface area contributed by atoms with Crippen molar-refractivity contribution in [3.8, 4) is 0 Å². The Morgan fingerprint density at radius 1 is 1.38 bits per heavy atom. The van der Waals surface area contributed by atoms with E-state index in [0.29, 0.717) is 11.6 Å². The fourth-order valence-corrected chi connectivity index (χ4v) is 2.28. The number of rotatable bonds is 3. The van der Waals surface area contributed by atoms with Crippen LogP contribution in [0.2, 0.25) is 0 Å². The van der Waals surface area contributed by atoms with Crippen LogP contribution in [0.3, 0.4) is 0 Å². The van der Waals surface area contributed by atoms with Gasteiger partial charge in [0.2, 0.25) is 0 Å². The molecule has 0 spiro atoms. The van der Waals surface area contributed by atoms with Gasteiger partial charge in [-0.3, -0.25) is 4.79 Å². The zero-order chi connectivity index (χ0) is 13.8. The molecule has 0 aliphatic carbocycles. The molecule has 1 fully saturated rings. The molecule has 1 aliphatic rings. The third-order valence-corrected chi connectivity index (χ3v) is 3.55. The summed E-state index contributed by atoms with van der Waals surface area (Å²) in [7, 11) is 3.86. The number of aromatic nitrogens is 1. The normalized spacial score (nSPS) is 20.7. The van der Waals surface area contributed by atoms with E-state index in [0.717, 1.165) is 25.2 Å². The van der Waals surface area contributed by atoms with Crippen LogP contribution in [0, 0.1) is 0 Å². The summed E-state index contributed by atoms with van der Waals surface area (Å²) in [4.78, 5) is 18.3. The summed E-state index contributed by atoms with van der Waals surface area (Å²) in [6.45, 7) is 3.14. The van der Waals surface area contributed by atoms with Crippen molar-refractivity contribution in [3.05, 3.63) is 23.9 Å². The second-order valence-corrected chi connectivity index (χ2v) is 5.26. The molecule has 21 heavy (non-hydrogen) atoms. The number of hydrogen-bond donors (Lipinski definition) is 2. The summed E-state index contributed by atoms with van der Waals surface area (Å²) in [5.41, 5.74) is 0.614. The molecule has 5 nitrogen and oxygen atoms in total. The Labute approximate surface area is 138 Å². The van der Waals surface area contributed by atoms with E-state index in [1.807, 2.05) is 31.1 Å². The first kappa shape index (κ1) is 20.0. The molecule has 0 radical (unpaired) electrons. The highest BCUT2D eigenvalue weighted by Gasteiger charge is 2.22. The van der Waals surface area contributed by atoms with Crippen molar-refractivity contribution < 1.29 is 4.79 Å². The average Bonchev–Trinajstić information content (AvgIpc) is 2.41. The van der Waals surface area contributed by atoms with E-state index in [1.165, 1.54) is 0 Å². The Morgan fingerprint density at radius 3 is 2.62 bits per heavy atom. The Morgan fingerprint density at radius 2 is 2.10 bits per heavy atom. The van der Waals surface area contributed by atoms with Crippen molar-refractivity contribution in [2.75, 3.05) is 25.5 Å². The van der Waals surface area contributed by atoms with Gasteiger partial charge in [0.25, 0.3) is 5.91 Å². The summed E-state index contributed by atoms with van der Waals surface area (Å²) in [6.07, 6.45) is 3.77. The predicted octanol–water partition coefficient (Wildman–Crippen LogP) is 1.86. The molecule has 2 unspecified atom stereocenters. The van der Waals surface area contributed by atoms with Crippen LogP contribution in [0.5, 0.6) is 0 Å². The Hall–Kier alpha value is -1.04. The van der Waals surface area contributed by atoms with E-state index >= 15 is 0 Å². The molecule has 2 rings (SSSR count). The fourth-order valence-electron chi connectivity index (χ4n) is 2.28. The number of nitrogens with one attached hydrogen (secondary N) is 2. The van der Waals surface area contributed by atoms with Crippen LogP contribution in [-0.4, -0.2) is 43.6 Å². The molecule has 0 bridgehead atoms. The van der Waals surface area contributed by atoms with Crippen LogP contribution in [0.25, 0.3) is 0 Å². The monoisotopic (exact) mass is 334 g/mol. The standard InChI is InChI=1S/C14H22N4O.2ClH/c1-10-12(5-4-8-15-10)17-14(19)11-6-7-13(16-9-11)18(2)3;;/h6-7,9-10,12,15H,4-5,8H2,1-3H3,(H,17,19);2*1H. The third kappa shape index (κ3) is 5.34. The molecule has 2 atom stereocenters. The van der Waals surface area contributed by atoms with Gasteiger partial charge in [-0.2, -0.15) is 0 Å². The quantitative estimate of drug-likeness (QED) is 0.885. The number of pyridine rings is 1. The van der Waals surface area contributed by atoms with Gasteiger partial charge in [0.05, 0.1) is 5.56 Å². The van der Waals surface area contributed by atoms with E-state index in [-0.39, 0.29) is 36.8 Å². The van der Waals surface area contributed by atoms with Gasteiger partial charge < -0.3 is 15.5 Å². The Bertz CT molecular complexity index is 439. The molecule has 1 aromatic rings. The fraction of sp³-hybridized carbons (Fsp3) is 0.571. The van der Waals surface area contributed by atoms with Gasteiger partial charge in [-0.15, -0.1) is 24.8 Å². The molecule has 1 amide bonds. The van der Waals surface area contributed by atoms with Crippen LogP contribution in [0.15, 0.2) is 18.3 Å². The van der Waals surface area contributed by atoms with Gasteiger partial charge in [-0.25, -0.2) is 4.98 Å². The van der Waals surface area contributed by atoms with E-state index in [9.17, 15) is 4.79 Å². The highest BCUT2D eigenvalue weighted by molar-refractivity contribution is 5.94. The summed E-state index contributed by atoms with van der Waals surface area (Å²) < 4.78 is 0. The van der Waals surface area contributed by atoms with Crippen LogP contribution in [-0.2, 0) is 0 Å². The number of anilines is 1. The molecule has 120 valence electrons. The number of piperidine rings is 1. The average molecular weight is 335 g/mol. The van der Waals surface area contributed by atoms with Gasteiger partial charge in [0.1, 0.15) is 5.82 Å². The van der Waals surface area contributed by atoms with Crippen LogP contribution < -0.4 is 15.5 Å². The van der Waals surface area contributed by atoms with Crippen molar-refractivity contribution >= 4 is 36.5 Å². The molecule has 1 saturated heterocycles. The van der Waals surface area contributed by atoms with Crippen molar-refractivity contribution in [1.29, 1.82) is 0 Å². The molecular formula is C14H24Cl2N4O. The number of carbonyl (C=O) groups excluding carboxylic acids is 1. The Balaban J connectivity index is 0.00000200. The number of hydrogen-bond acceptors (Lipinski definition) is 4. The smallest absolute Gasteiger partial charge is 0.253 e. The lowest BCUT2D eigenvalue weighted by Crippen LogP contribution is -2.51. The molecule has 7 heteroatoms. The largest absolute Gasteiger partial charge is 0.363 e. The number of nitrogens with zero attached hydrogens (tertiary/aromatic N) is 2. The highest BCUT2D eigenvalue weighted by atomic mass is 35.5.